The Bertz CT molecular complexity index is 786. The topological polar surface area (TPSA) is 54.3 Å². The fourth-order valence-corrected chi connectivity index (χ4v) is 2.39. The molecule has 0 unspecified atom stereocenters. The molecule has 0 saturated carbocycles. The van der Waals surface area contributed by atoms with E-state index in [1.54, 1.807) is 12.1 Å². The SMILES string of the molecule is Cc1cccc(C)c1Nc1ccc(NC(=O)c2ccco2)cc1. The summed E-state index contributed by atoms with van der Waals surface area (Å²) in [5.41, 5.74) is 5.19. The largest absolute Gasteiger partial charge is 0.459 e. The van der Waals surface area contributed by atoms with Crippen LogP contribution in [0.3, 0.4) is 0 Å². The molecule has 1 amide bonds. The van der Waals surface area contributed by atoms with Gasteiger partial charge in [0.25, 0.3) is 5.91 Å². The molecule has 116 valence electrons. The van der Waals surface area contributed by atoms with E-state index in [1.165, 1.54) is 17.4 Å². The van der Waals surface area contributed by atoms with Gasteiger partial charge in [-0.25, -0.2) is 0 Å². The van der Waals surface area contributed by atoms with Crippen LogP contribution in [0.15, 0.2) is 65.3 Å². The van der Waals surface area contributed by atoms with E-state index < -0.39 is 0 Å². The highest BCUT2D eigenvalue weighted by Crippen LogP contribution is 2.25. The first-order chi connectivity index (χ1) is 11.1. The van der Waals surface area contributed by atoms with Crippen LogP contribution in [0, 0.1) is 13.8 Å². The lowest BCUT2D eigenvalue weighted by Gasteiger charge is -2.13. The van der Waals surface area contributed by atoms with Crippen molar-refractivity contribution in [3.63, 3.8) is 0 Å². The summed E-state index contributed by atoms with van der Waals surface area (Å²) in [4.78, 5) is 11.9. The molecule has 0 aliphatic rings. The molecule has 4 nitrogen and oxygen atoms in total. The maximum Gasteiger partial charge on any atom is 0.291 e. The molecule has 23 heavy (non-hydrogen) atoms. The number of carbonyl (C=O) groups excluding carboxylic acids is 1. The predicted molar refractivity (Wildman–Crippen MR) is 92.3 cm³/mol. The van der Waals surface area contributed by atoms with Gasteiger partial charge in [-0.2, -0.15) is 0 Å². The zero-order valence-electron chi connectivity index (χ0n) is 13.1. The van der Waals surface area contributed by atoms with Crippen LogP contribution in [0.2, 0.25) is 0 Å². The first-order valence-corrected chi connectivity index (χ1v) is 7.41. The standard InChI is InChI=1S/C19H18N2O2/c1-13-5-3-6-14(2)18(13)20-15-8-10-16(11-9-15)21-19(22)17-7-4-12-23-17/h3-12,20H,1-2H3,(H,21,22). The van der Waals surface area contributed by atoms with Crippen molar-refractivity contribution in [1.29, 1.82) is 0 Å². The minimum atomic E-state index is -0.259. The number of nitrogens with one attached hydrogen (secondary N) is 2. The smallest absolute Gasteiger partial charge is 0.291 e. The third kappa shape index (κ3) is 3.43. The normalized spacial score (nSPS) is 10.3. The van der Waals surface area contributed by atoms with Gasteiger partial charge in [-0.05, 0) is 61.4 Å². The number of amides is 1. The summed E-state index contributed by atoms with van der Waals surface area (Å²) < 4.78 is 5.07. The number of carbonyl (C=O) groups is 1. The van der Waals surface area contributed by atoms with Gasteiger partial charge >= 0.3 is 0 Å². The molecule has 0 saturated heterocycles. The van der Waals surface area contributed by atoms with Crippen LogP contribution in [0.1, 0.15) is 21.7 Å². The van der Waals surface area contributed by atoms with E-state index in [0.29, 0.717) is 5.76 Å². The minimum Gasteiger partial charge on any atom is -0.459 e. The van der Waals surface area contributed by atoms with Crippen LogP contribution in [-0.4, -0.2) is 5.91 Å². The second kappa shape index (κ2) is 6.40. The Kier molecular flexibility index (Phi) is 4.15. The fourth-order valence-electron chi connectivity index (χ4n) is 2.39. The van der Waals surface area contributed by atoms with Gasteiger partial charge in [-0.15, -0.1) is 0 Å². The minimum absolute atomic E-state index is 0.259. The summed E-state index contributed by atoms with van der Waals surface area (Å²) in [5, 5.41) is 6.22. The van der Waals surface area contributed by atoms with Gasteiger partial charge in [0.15, 0.2) is 5.76 Å². The Morgan fingerprint density at radius 2 is 1.52 bits per heavy atom. The Hall–Kier alpha value is -3.01. The Morgan fingerprint density at radius 3 is 2.13 bits per heavy atom. The molecule has 3 aromatic rings. The van der Waals surface area contributed by atoms with Crippen LogP contribution >= 0.6 is 0 Å². The van der Waals surface area contributed by atoms with Crippen LogP contribution in [-0.2, 0) is 0 Å². The highest BCUT2D eigenvalue weighted by atomic mass is 16.3. The third-order valence-corrected chi connectivity index (χ3v) is 3.64. The number of para-hydroxylation sites is 1. The van der Waals surface area contributed by atoms with E-state index in [9.17, 15) is 4.79 Å². The Balaban J connectivity index is 1.71. The average molecular weight is 306 g/mol. The number of benzene rings is 2. The van der Waals surface area contributed by atoms with E-state index in [1.807, 2.05) is 30.3 Å². The zero-order valence-corrected chi connectivity index (χ0v) is 13.1. The van der Waals surface area contributed by atoms with Crippen molar-refractivity contribution < 1.29 is 9.21 Å². The monoisotopic (exact) mass is 306 g/mol. The van der Waals surface area contributed by atoms with E-state index in [-0.39, 0.29) is 5.91 Å². The van der Waals surface area contributed by atoms with Crippen molar-refractivity contribution in [2.24, 2.45) is 0 Å². The molecule has 0 aliphatic heterocycles. The summed E-state index contributed by atoms with van der Waals surface area (Å²) in [6, 6.07) is 17.1. The molecule has 1 aromatic heterocycles. The number of anilines is 3. The van der Waals surface area contributed by atoms with E-state index in [4.69, 9.17) is 4.42 Å². The lowest BCUT2D eigenvalue weighted by atomic mass is 10.1. The number of furan rings is 1. The molecule has 2 aromatic carbocycles. The van der Waals surface area contributed by atoms with E-state index in [0.717, 1.165) is 17.1 Å². The predicted octanol–water partition coefficient (Wildman–Crippen LogP) is 4.89. The maximum absolute atomic E-state index is 11.9. The first-order valence-electron chi connectivity index (χ1n) is 7.41. The Morgan fingerprint density at radius 1 is 0.870 bits per heavy atom. The molecule has 0 spiro atoms. The second-order valence-electron chi connectivity index (χ2n) is 5.40. The molecule has 0 atom stereocenters. The molecule has 3 rings (SSSR count). The Labute approximate surface area is 135 Å². The summed E-state index contributed by atoms with van der Waals surface area (Å²) in [6.45, 7) is 4.15. The van der Waals surface area contributed by atoms with Crippen molar-refractivity contribution in [2.75, 3.05) is 10.6 Å². The molecule has 2 N–H and O–H groups in total. The van der Waals surface area contributed by atoms with Crippen LogP contribution in [0.5, 0.6) is 0 Å². The van der Waals surface area contributed by atoms with Crippen molar-refractivity contribution >= 4 is 23.0 Å². The third-order valence-electron chi connectivity index (χ3n) is 3.64. The number of hydrogen-bond acceptors (Lipinski definition) is 3. The van der Waals surface area contributed by atoms with Gasteiger partial charge in [-0.1, -0.05) is 18.2 Å². The van der Waals surface area contributed by atoms with Crippen molar-refractivity contribution in [2.45, 2.75) is 13.8 Å². The molecular formula is C19H18N2O2. The average Bonchev–Trinajstić information content (AvgIpc) is 3.07. The lowest BCUT2D eigenvalue weighted by molar-refractivity contribution is 0.0996. The van der Waals surface area contributed by atoms with Gasteiger partial charge in [0.2, 0.25) is 0 Å². The van der Waals surface area contributed by atoms with Crippen molar-refractivity contribution in [3.05, 3.63) is 77.7 Å². The maximum atomic E-state index is 11.9. The van der Waals surface area contributed by atoms with Crippen LogP contribution < -0.4 is 10.6 Å². The molecule has 4 heteroatoms. The molecule has 1 heterocycles. The summed E-state index contributed by atoms with van der Waals surface area (Å²) in [5.74, 6) is 0.0354. The van der Waals surface area contributed by atoms with E-state index in [2.05, 4.69) is 36.6 Å². The second-order valence-corrected chi connectivity index (χ2v) is 5.40. The molecule has 0 fully saturated rings. The van der Waals surface area contributed by atoms with E-state index >= 15 is 0 Å². The molecule has 0 bridgehead atoms. The fraction of sp³-hybridized carbons (Fsp3) is 0.105. The van der Waals surface area contributed by atoms with Gasteiger partial charge < -0.3 is 15.1 Å². The lowest BCUT2D eigenvalue weighted by Crippen LogP contribution is -2.10. The molecular weight excluding hydrogens is 288 g/mol. The quantitative estimate of drug-likeness (QED) is 0.721. The highest BCUT2D eigenvalue weighted by Gasteiger charge is 2.08. The highest BCUT2D eigenvalue weighted by molar-refractivity contribution is 6.02. The van der Waals surface area contributed by atoms with Gasteiger partial charge in [-0.3, -0.25) is 4.79 Å². The summed E-state index contributed by atoms with van der Waals surface area (Å²) in [7, 11) is 0. The summed E-state index contributed by atoms with van der Waals surface area (Å²) in [6.07, 6.45) is 1.48. The number of rotatable bonds is 4. The summed E-state index contributed by atoms with van der Waals surface area (Å²) >= 11 is 0. The van der Waals surface area contributed by atoms with Crippen molar-refractivity contribution in [1.82, 2.24) is 0 Å². The van der Waals surface area contributed by atoms with Gasteiger partial charge in [0.05, 0.1) is 6.26 Å². The van der Waals surface area contributed by atoms with Crippen LogP contribution in [0.25, 0.3) is 0 Å². The molecule has 0 aliphatic carbocycles. The van der Waals surface area contributed by atoms with Crippen molar-refractivity contribution in [3.8, 4) is 0 Å². The number of aryl methyl sites for hydroxylation is 2. The zero-order chi connectivity index (χ0) is 16.2. The van der Waals surface area contributed by atoms with Gasteiger partial charge in [0, 0.05) is 17.1 Å². The first kappa shape index (κ1) is 14.9. The molecule has 0 radical (unpaired) electrons. The number of hydrogen-bond donors (Lipinski definition) is 2. The van der Waals surface area contributed by atoms with Crippen LogP contribution in [0.4, 0.5) is 17.1 Å². The van der Waals surface area contributed by atoms with Gasteiger partial charge in [0.1, 0.15) is 0 Å².